The number of benzene rings is 1. The lowest BCUT2D eigenvalue weighted by Crippen LogP contribution is -2.39. The average Bonchev–Trinajstić information content (AvgIpc) is 2.89. The van der Waals surface area contributed by atoms with Crippen molar-refractivity contribution in [3.05, 3.63) is 34.3 Å². The Labute approximate surface area is 142 Å². The van der Waals surface area contributed by atoms with Crippen LogP contribution in [0.4, 0.5) is 0 Å². The van der Waals surface area contributed by atoms with E-state index < -0.39 is 0 Å². The summed E-state index contributed by atoms with van der Waals surface area (Å²) < 4.78 is 13.8. The number of rotatable bonds is 5. The summed E-state index contributed by atoms with van der Waals surface area (Å²) in [7, 11) is 0. The molecule has 1 spiro atoms. The molecule has 22 heavy (non-hydrogen) atoms. The molecule has 122 valence electrons. The van der Waals surface area contributed by atoms with Gasteiger partial charge in [-0.05, 0) is 43.7 Å². The Hall–Kier alpha value is -0.380. The molecular weight excluding hydrogens is 340 g/mol. The maximum Gasteiger partial charge on any atom is 0.0921 e. The van der Waals surface area contributed by atoms with Gasteiger partial charge in [-0.2, -0.15) is 0 Å². The van der Waals surface area contributed by atoms with Crippen molar-refractivity contribution in [2.45, 2.75) is 76.1 Å². The molecular formula is C19H27BrO2. The molecule has 2 aliphatic rings. The molecule has 1 aliphatic carbocycles. The lowest BCUT2D eigenvalue weighted by Gasteiger charge is -2.37. The summed E-state index contributed by atoms with van der Waals surface area (Å²) in [5, 5.41) is 0. The minimum Gasteiger partial charge on any atom is -0.374 e. The molecule has 0 amide bonds. The fourth-order valence-electron chi connectivity index (χ4n) is 3.98. The highest BCUT2D eigenvalue weighted by Crippen LogP contribution is 2.47. The van der Waals surface area contributed by atoms with Crippen molar-refractivity contribution < 1.29 is 9.47 Å². The van der Waals surface area contributed by atoms with Crippen LogP contribution in [0.2, 0.25) is 0 Å². The van der Waals surface area contributed by atoms with Crippen LogP contribution in [0, 0.1) is 0 Å². The van der Waals surface area contributed by atoms with Crippen LogP contribution in [-0.4, -0.2) is 17.8 Å². The Balaban J connectivity index is 1.57. The zero-order chi connectivity index (χ0) is 15.5. The monoisotopic (exact) mass is 366 g/mol. The molecule has 3 rings (SSSR count). The predicted octanol–water partition coefficient (Wildman–Crippen LogP) is 5.63. The first kappa shape index (κ1) is 16.5. The van der Waals surface area contributed by atoms with Crippen molar-refractivity contribution in [2.75, 3.05) is 6.61 Å². The first-order valence-corrected chi connectivity index (χ1v) is 9.48. The fraction of sp³-hybridized carbons (Fsp3) is 0.684. The van der Waals surface area contributed by atoms with Gasteiger partial charge < -0.3 is 9.47 Å². The zero-order valence-electron chi connectivity index (χ0n) is 13.6. The van der Waals surface area contributed by atoms with Crippen LogP contribution in [0.3, 0.4) is 0 Å². The quantitative estimate of drug-likeness (QED) is 0.672. The molecule has 1 heterocycles. The maximum atomic E-state index is 6.66. The summed E-state index contributed by atoms with van der Waals surface area (Å²) in [5.74, 6) is 0. The van der Waals surface area contributed by atoms with E-state index in [4.69, 9.17) is 9.47 Å². The third kappa shape index (κ3) is 3.58. The second-order valence-corrected chi connectivity index (χ2v) is 7.82. The van der Waals surface area contributed by atoms with Gasteiger partial charge in [-0.1, -0.05) is 60.3 Å². The minimum absolute atomic E-state index is 0.0569. The van der Waals surface area contributed by atoms with Crippen LogP contribution in [0.25, 0.3) is 0 Å². The summed E-state index contributed by atoms with van der Waals surface area (Å²) in [6, 6.07) is 8.27. The van der Waals surface area contributed by atoms with Crippen LogP contribution in [-0.2, 0) is 16.1 Å². The van der Waals surface area contributed by atoms with Crippen molar-refractivity contribution in [1.29, 1.82) is 0 Å². The van der Waals surface area contributed by atoms with Gasteiger partial charge in [-0.25, -0.2) is 0 Å². The Morgan fingerprint density at radius 3 is 2.59 bits per heavy atom. The van der Waals surface area contributed by atoms with E-state index in [0.29, 0.717) is 13.2 Å². The van der Waals surface area contributed by atoms with Gasteiger partial charge in [0.2, 0.25) is 0 Å². The van der Waals surface area contributed by atoms with Crippen molar-refractivity contribution in [3.63, 3.8) is 0 Å². The topological polar surface area (TPSA) is 18.5 Å². The Kier molecular flexibility index (Phi) is 5.26. The minimum atomic E-state index is -0.0569. The molecule has 3 heteroatoms. The molecule has 1 atom stereocenters. The van der Waals surface area contributed by atoms with Crippen molar-refractivity contribution in [2.24, 2.45) is 0 Å². The number of hydrogen-bond donors (Lipinski definition) is 0. The summed E-state index contributed by atoms with van der Waals surface area (Å²) in [6.45, 7) is 3.61. The first-order valence-electron chi connectivity index (χ1n) is 8.68. The van der Waals surface area contributed by atoms with Crippen molar-refractivity contribution in [1.82, 2.24) is 0 Å². The van der Waals surface area contributed by atoms with Crippen LogP contribution < -0.4 is 0 Å². The van der Waals surface area contributed by atoms with Gasteiger partial charge in [-0.15, -0.1) is 0 Å². The number of halogens is 1. The molecule has 0 N–H and O–H groups in total. The molecule has 0 aromatic heterocycles. The van der Waals surface area contributed by atoms with E-state index in [2.05, 4.69) is 41.1 Å². The summed E-state index contributed by atoms with van der Waals surface area (Å²) in [4.78, 5) is 0. The van der Waals surface area contributed by atoms with Gasteiger partial charge in [0.05, 0.1) is 24.4 Å². The van der Waals surface area contributed by atoms with Crippen LogP contribution >= 0.6 is 15.9 Å². The highest BCUT2D eigenvalue weighted by atomic mass is 79.9. The lowest BCUT2D eigenvalue weighted by atomic mass is 9.82. The average molecular weight is 367 g/mol. The second-order valence-electron chi connectivity index (χ2n) is 6.97. The van der Waals surface area contributed by atoms with E-state index in [1.807, 2.05) is 6.07 Å². The predicted molar refractivity (Wildman–Crippen MR) is 93.0 cm³/mol. The zero-order valence-corrected chi connectivity index (χ0v) is 15.2. The molecule has 0 radical (unpaired) electrons. The van der Waals surface area contributed by atoms with Gasteiger partial charge in [-0.3, -0.25) is 0 Å². The van der Waals surface area contributed by atoms with E-state index in [1.165, 1.54) is 44.1 Å². The van der Waals surface area contributed by atoms with Crippen molar-refractivity contribution in [3.8, 4) is 0 Å². The van der Waals surface area contributed by atoms with Gasteiger partial charge >= 0.3 is 0 Å². The molecule has 2 fully saturated rings. The Bertz CT molecular complexity index is 496. The Morgan fingerprint density at radius 2 is 1.86 bits per heavy atom. The molecule has 0 bridgehead atoms. The summed E-state index contributed by atoms with van der Waals surface area (Å²) >= 11 is 3.59. The molecule has 1 aromatic rings. The molecule has 1 aliphatic heterocycles. The highest BCUT2D eigenvalue weighted by Gasteiger charge is 2.48. The van der Waals surface area contributed by atoms with E-state index in [1.54, 1.807) is 0 Å². The largest absolute Gasteiger partial charge is 0.374 e. The number of ether oxygens (including phenoxy) is 2. The first-order chi connectivity index (χ1) is 10.7. The molecule has 1 saturated heterocycles. The van der Waals surface area contributed by atoms with Gasteiger partial charge in [0.25, 0.3) is 0 Å². The smallest absolute Gasteiger partial charge is 0.0921 e. The molecule has 1 unspecified atom stereocenters. The summed E-state index contributed by atoms with van der Waals surface area (Å²) in [5.41, 5.74) is 1.32. The Morgan fingerprint density at radius 1 is 1.09 bits per heavy atom. The number of hydrogen-bond acceptors (Lipinski definition) is 2. The second kappa shape index (κ2) is 7.02. The van der Waals surface area contributed by atoms with E-state index in [-0.39, 0.29) is 11.2 Å². The van der Waals surface area contributed by atoms with E-state index >= 15 is 0 Å². The standard InChI is InChI=1S/C19H27BrO2/c1-2-18(12-13-19(22-18)10-6-3-7-11-19)15-21-14-16-8-4-5-9-17(16)20/h4-5,8-9H,2-3,6-7,10-15H2,1H3. The van der Waals surface area contributed by atoms with Crippen LogP contribution in [0.5, 0.6) is 0 Å². The SMILES string of the molecule is CCC1(COCc2ccccc2Br)CCC2(CCCCC2)O1. The lowest BCUT2D eigenvalue weighted by molar-refractivity contribution is -0.150. The molecule has 1 saturated carbocycles. The third-order valence-electron chi connectivity index (χ3n) is 5.46. The fourth-order valence-corrected chi connectivity index (χ4v) is 4.38. The van der Waals surface area contributed by atoms with E-state index in [0.717, 1.165) is 17.3 Å². The van der Waals surface area contributed by atoms with Gasteiger partial charge in [0, 0.05) is 4.47 Å². The van der Waals surface area contributed by atoms with Crippen molar-refractivity contribution >= 4 is 15.9 Å². The maximum absolute atomic E-state index is 6.66. The normalized spacial score (nSPS) is 27.4. The molecule has 2 nitrogen and oxygen atoms in total. The summed E-state index contributed by atoms with van der Waals surface area (Å²) in [6.07, 6.45) is 9.96. The van der Waals surface area contributed by atoms with Gasteiger partial charge in [0.15, 0.2) is 0 Å². The van der Waals surface area contributed by atoms with Crippen LogP contribution in [0.15, 0.2) is 28.7 Å². The van der Waals surface area contributed by atoms with Gasteiger partial charge in [0.1, 0.15) is 0 Å². The molecule has 1 aromatic carbocycles. The van der Waals surface area contributed by atoms with Crippen LogP contribution in [0.1, 0.15) is 63.9 Å². The third-order valence-corrected chi connectivity index (χ3v) is 6.23. The van der Waals surface area contributed by atoms with E-state index in [9.17, 15) is 0 Å². The highest BCUT2D eigenvalue weighted by molar-refractivity contribution is 9.10.